The normalized spacial score (nSPS) is 10.4. The highest BCUT2D eigenvalue weighted by Crippen LogP contribution is 2.25. The molecule has 2 rings (SSSR count). The molecule has 0 bridgehead atoms. The molecule has 0 aliphatic heterocycles. The van der Waals surface area contributed by atoms with E-state index in [4.69, 9.17) is 4.74 Å². The van der Waals surface area contributed by atoms with Gasteiger partial charge in [-0.15, -0.1) is 5.10 Å². The Morgan fingerprint density at radius 3 is 2.52 bits per heavy atom. The van der Waals surface area contributed by atoms with Crippen LogP contribution >= 0.6 is 0 Å². The van der Waals surface area contributed by atoms with Crippen molar-refractivity contribution >= 4 is 5.69 Å². The van der Waals surface area contributed by atoms with Crippen LogP contribution in [0.1, 0.15) is 25.2 Å². The van der Waals surface area contributed by atoms with E-state index in [0.29, 0.717) is 12.8 Å². The van der Waals surface area contributed by atoms with Gasteiger partial charge in [-0.2, -0.15) is 4.98 Å². The molecule has 1 aromatic carbocycles. The van der Waals surface area contributed by atoms with E-state index < -0.39 is 10.7 Å². The highest BCUT2D eigenvalue weighted by Gasteiger charge is 2.14. The zero-order valence-electron chi connectivity index (χ0n) is 11.5. The molecule has 0 N–H and O–H groups in total. The smallest absolute Gasteiger partial charge is 0.341 e. The molecule has 2 aromatic rings. The molecule has 0 saturated heterocycles. The summed E-state index contributed by atoms with van der Waals surface area (Å²) in [4.78, 5) is 14.0. The zero-order chi connectivity index (χ0) is 15.4. The first-order chi connectivity index (χ1) is 10.0. The molecular weight excluding hydrogens is 279 g/mol. The van der Waals surface area contributed by atoms with E-state index in [-0.39, 0.29) is 17.4 Å². The van der Waals surface area contributed by atoms with E-state index in [1.807, 2.05) is 13.8 Å². The number of aryl methyl sites for hydroxylation is 2. The topological polar surface area (TPSA) is 91.0 Å². The number of ether oxygens (including phenoxy) is 1. The summed E-state index contributed by atoms with van der Waals surface area (Å²) in [6, 6.07) is 3.00. The second-order valence-electron chi connectivity index (χ2n) is 4.17. The molecule has 0 fully saturated rings. The minimum atomic E-state index is -0.856. The van der Waals surface area contributed by atoms with Crippen molar-refractivity contribution in [3.05, 3.63) is 45.5 Å². The molecule has 8 heteroatoms. The van der Waals surface area contributed by atoms with Crippen LogP contribution in [-0.2, 0) is 12.8 Å². The van der Waals surface area contributed by atoms with E-state index in [1.54, 1.807) is 0 Å². The first-order valence-electron chi connectivity index (χ1n) is 6.39. The Balaban J connectivity index is 2.28. The number of rotatable bonds is 5. The number of benzene rings is 1. The lowest BCUT2D eigenvalue weighted by Gasteiger charge is -2.07. The summed E-state index contributed by atoms with van der Waals surface area (Å²) in [5, 5.41) is 18.3. The number of hydrogen-bond donors (Lipinski definition) is 0. The van der Waals surface area contributed by atoms with Crippen LogP contribution in [0.4, 0.5) is 10.1 Å². The molecule has 0 aliphatic carbocycles. The molecule has 0 spiro atoms. The van der Waals surface area contributed by atoms with Crippen LogP contribution in [0, 0.1) is 15.9 Å². The average molecular weight is 292 g/mol. The molecule has 1 heterocycles. The number of nitro benzene ring substituents is 1. The molecule has 110 valence electrons. The molecule has 0 aliphatic rings. The Morgan fingerprint density at radius 1 is 1.24 bits per heavy atom. The standard InChI is InChI=1S/C13H13FN4O3/c1-3-10-11(4-2)16-17-13(15-10)21-12-6-5-8(18(19)20)7-9(12)14/h5-7H,3-4H2,1-2H3. The molecule has 0 radical (unpaired) electrons. The van der Waals surface area contributed by atoms with Gasteiger partial charge in [-0.1, -0.05) is 18.9 Å². The fourth-order valence-electron chi connectivity index (χ4n) is 1.75. The first-order valence-corrected chi connectivity index (χ1v) is 6.39. The SMILES string of the molecule is CCc1nnc(Oc2ccc([N+](=O)[O-])cc2F)nc1CC. The van der Waals surface area contributed by atoms with Gasteiger partial charge in [0.1, 0.15) is 0 Å². The van der Waals surface area contributed by atoms with Gasteiger partial charge in [0.2, 0.25) is 0 Å². The fourth-order valence-corrected chi connectivity index (χ4v) is 1.75. The van der Waals surface area contributed by atoms with E-state index in [0.717, 1.165) is 29.6 Å². The van der Waals surface area contributed by atoms with Gasteiger partial charge in [-0.05, 0) is 18.9 Å². The minimum absolute atomic E-state index is 0.0863. The van der Waals surface area contributed by atoms with Gasteiger partial charge in [0, 0.05) is 6.07 Å². The Morgan fingerprint density at radius 2 is 1.95 bits per heavy atom. The molecule has 21 heavy (non-hydrogen) atoms. The van der Waals surface area contributed by atoms with Gasteiger partial charge >= 0.3 is 6.01 Å². The molecule has 0 atom stereocenters. The Bertz CT molecular complexity index is 678. The number of halogens is 1. The van der Waals surface area contributed by atoms with Crippen molar-refractivity contribution < 1.29 is 14.1 Å². The summed E-state index contributed by atoms with van der Waals surface area (Å²) in [7, 11) is 0. The lowest BCUT2D eigenvalue weighted by molar-refractivity contribution is -0.385. The van der Waals surface area contributed by atoms with Gasteiger partial charge in [-0.25, -0.2) is 4.39 Å². The quantitative estimate of drug-likeness (QED) is 0.621. The van der Waals surface area contributed by atoms with Crippen LogP contribution in [0.15, 0.2) is 18.2 Å². The largest absolute Gasteiger partial charge is 0.420 e. The first kappa shape index (κ1) is 14.8. The Labute approximate surface area is 120 Å². The van der Waals surface area contributed by atoms with Crippen molar-refractivity contribution in [2.75, 3.05) is 0 Å². The summed E-state index contributed by atoms with van der Waals surface area (Å²) in [5.74, 6) is -1.04. The second-order valence-corrected chi connectivity index (χ2v) is 4.17. The van der Waals surface area contributed by atoms with Gasteiger partial charge in [-0.3, -0.25) is 10.1 Å². The number of hydrogen-bond acceptors (Lipinski definition) is 6. The van der Waals surface area contributed by atoms with Crippen molar-refractivity contribution in [3.8, 4) is 11.8 Å². The van der Waals surface area contributed by atoms with Crippen LogP contribution in [0.5, 0.6) is 11.8 Å². The lowest BCUT2D eigenvalue weighted by Crippen LogP contribution is -2.05. The van der Waals surface area contributed by atoms with E-state index >= 15 is 0 Å². The Hall–Kier alpha value is -2.64. The summed E-state index contributed by atoms with van der Waals surface area (Å²) in [5.41, 5.74) is 1.13. The van der Waals surface area contributed by atoms with E-state index in [9.17, 15) is 14.5 Å². The van der Waals surface area contributed by atoms with Crippen LogP contribution in [-0.4, -0.2) is 20.1 Å². The predicted molar refractivity (Wildman–Crippen MR) is 71.7 cm³/mol. The second kappa shape index (κ2) is 6.21. The monoisotopic (exact) mass is 292 g/mol. The van der Waals surface area contributed by atoms with Crippen molar-refractivity contribution in [2.24, 2.45) is 0 Å². The molecule has 7 nitrogen and oxygen atoms in total. The maximum atomic E-state index is 13.7. The summed E-state index contributed by atoms with van der Waals surface area (Å²) in [6.07, 6.45) is 1.34. The van der Waals surface area contributed by atoms with E-state index in [2.05, 4.69) is 15.2 Å². The fraction of sp³-hybridized carbons (Fsp3) is 0.308. The molecule has 0 unspecified atom stereocenters. The lowest BCUT2D eigenvalue weighted by atomic mass is 10.2. The van der Waals surface area contributed by atoms with Crippen molar-refractivity contribution in [3.63, 3.8) is 0 Å². The van der Waals surface area contributed by atoms with Crippen LogP contribution < -0.4 is 4.74 Å². The Kier molecular flexibility index (Phi) is 4.36. The number of aromatic nitrogens is 3. The van der Waals surface area contributed by atoms with Crippen LogP contribution in [0.3, 0.4) is 0 Å². The molecule has 0 saturated carbocycles. The highest BCUT2D eigenvalue weighted by atomic mass is 19.1. The van der Waals surface area contributed by atoms with Crippen LogP contribution in [0.2, 0.25) is 0 Å². The highest BCUT2D eigenvalue weighted by molar-refractivity contribution is 5.38. The van der Waals surface area contributed by atoms with Gasteiger partial charge in [0.05, 0.1) is 22.4 Å². The minimum Gasteiger partial charge on any atom is -0.420 e. The molecular formula is C13H13FN4O3. The van der Waals surface area contributed by atoms with Crippen LogP contribution in [0.25, 0.3) is 0 Å². The summed E-state index contributed by atoms with van der Waals surface area (Å²) < 4.78 is 18.9. The van der Waals surface area contributed by atoms with Crippen molar-refractivity contribution in [1.82, 2.24) is 15.2 Å². The number of nitrogens with zero attached hydrogens (tertiary/aromatic N) is 4. The van der Waals surface area contributed by atoms with Gasteiger partial charge in [0.25, 0.3) is 5.69 Å². The van der Waals surface area contributed by atoms with Crippen molar-refractivity contribution in [1.29, 1.82) is 0 Å². The van der Waals surface area contributed by atoms with Gasteiger partial charge in [0.15, 0.2) is 11.6 Å². The maximum Gasteiger partial charge on any atom is 0.341 e. The van der Waals surface area contributed by atoms with E-state index in [1.165, 1.54) is 0 Å². The third kappa shape index (κ3) is 3.28. The van der Waals surface area contributed by atoms with Crippen molar-refractivity contribution in [2.45, 2.75) is 26.7 Å². The zero-order valence-corrected chi connectivity index (χ0v) is 11.5. The number of nitro groups is 1. The maximum absolute atomic E-state index is 13.7. The average Bonchev–Trinajstić information content (AvgIpc) is 2.48. The molecule has 1 aromatic heterocycles. The molecule has 0 amide bonds. The summed E-state index contributed by atoms with van der Waals surface area (Å²) in [6.45, 7) is 3.85. The predicted octanol–water partition coefficient (Wildman–Crippen LogP) is 2.84. The summed E-state index contributed by atoms with van der Waals surface area (Å²) >= 11 is 0. The number of non-ortho nitro benzene ring substituents is 1. The third-order valence-electron chi connectivity index (χ3n) is 2.82. The van der Waals surface area contributed by atoms with Gasteiger partial charge < -0.3 is 4.74 Å². The third-order valence-corrected chi connectivity index (χ3v) is 2.82.